The maximum absolute atomic E-state index is 11.3. The van der Waals surface area contributed by atoms with E-state index in [4.69, 9.17) is 4.74 Å². The summed E-state index contributed by atoms with van der Waals surface area (Å²) < 4.78 is 4.74. The van der Waals surface area contributed by atoms with Crippen molar-refractivity contribution in [2.24, 2.45) is 0 Å². The Morgan fingerprint density at radius 1 is 0.941 bits per heavy atom. The molecule has 0 saturated carbocycles. The molecule has 2 radical (unpaired) electrons. The fraction of sp³-hybridized carbons (Fsp3) is 0.615. The van der Waals surface area contributed by atoms with Crippen molar-refractivity contribution in [2.45, 2.75) is 44.9 Å². The van der Waals surface area contributed by atoms with Crippen LogP contribution in [0.25, 0.3) is 0 Å². The van der Waals surface area contributed by atoms with E-state index < -0.39 is 5.97 Å². The van der Waals surface area contributed by atoms with Gasteiger partial charge in [0.25, 0.3) is 0 Å². The van der Waals surface area contributed by atoms with Crippen LogP contribution in [0.5, 0.6) is 0 Å². The molecule has 0 aromatic rings. The summed E-state index contributed by atoms with van der Waals surface area (Å²) in [7, 11) is 0. The fourth-order valence-corrected chi connectivity index (χ4v) is 1.63. The molecule has 0 N–H and O–H groups in total. The van der Waals surface area contributed by atoms with Gasteiger partial charge in [0, 0.05) is 19.3 Å². The average Bonchev–Trinajstić information content (AvgIpc) is 2.31. The minimum atomic E-state index is -0.586. The third-order valence-corrected chi connectivity index (χ3v) is 2.63. The summed E-state index contributed by atoms with van der Waals surface area (Å²) in [5.74, 6) is -0.704. The van der Waals surface area contributed by atoms with E-state index in [1.54, 1.807) is 6.42 Å². The Kier molecular flexibility index (Phi) is 6.51. The Morgan fingerprint density at radius 2 is 1.71 bits per heavy atom. The lowest BCUT2D eigenvalue weighted by Crippen LogP contribution is -2.15. The van der Waals surface area contributed by atoms with Gasteiger partial charge in [-0.25, -0.2) is 0 Å². The lowest BCUT2D eigenvalue weighted by atomic mass is 10.0. The van der Waals surface area contributed by atoms with Crippen LogP contribution >= 0.6 is 0 Å². The lowest BCUT2D eigenvalue weighted by Gasteiger charge is -2.06. The summed E-state index contributed by atoms with van der Waals surface area (Å²) in [6.45, 7) is -0.173. The van der Waals surface area contributed by atoms with E-state index in [1.165, 1.54) is 6.42 Å². The largest absolute Gasteiger partial charge is 0.457 e. The minimum absolute atomic E-state index is 0.0540. The number of ether oxygens (including phenoxy) is 1. The Bertz CT molecular complexity index is 257. The van der Waals surface area contributed by atoms with Gasteiger partial charge in [0.1, 0.15) is 12.4 Å². The van der Waals surface area contributed by atoms with Crippen molar-refractivity contribution in [1.29, 1.82) is 0 Å². The summed E-state index contributed by atoms with van der Waals surface area (Å²) in [5, 5.41) is 0. The molecule has 0 unspecified atom stereocenters. The maximum atomic E-state index is 11.3. The van der Waals surface area contributed by atoms with Crippen LogP contribution < -0.4 is 0 Å². The highest BCUT2D eigenvalue weighted by Gasteiger charge is 2.11. The molecule has 1 aliphatic heterocycles. The second-order valence-corrected chi connectivity index (χ2v) is 4.18. The molecule has 0 amide bonds. The number of hydrogen-bond acceptors (Lipinski definition) is 4. The number of ketones is 2. The maximum Gasteiger partial charge on any atom is 0.310 e. The number of carbonyl (C=O) groups excluding carboxylic acids is 3. The zero-order chi connectivity index (χ0) is 12.5. The van der Waals surface area contributed by atoms with Crippen molar-refractivity contribution >= 4 is 17.5 Å². The monoisotopic (exact) mass is 238 g/mol. The molecule has 0 atom stereocenters. The van der Waals surface area contributed by atoms with E-state index in [0.717, 1.165) is 32.1 Å². The van der Waals surface area contributed by atoms with E-state index in [0.29, 0.717) is 6.42 Å². The van der Waals surface area contributed by atoms with Crippen LogP contribution in [0, 0.1) is 12.8 Å². The Hall–Kier alpha value is -1.19. The van der Waals surface area contributed by atoms with E-state index in [2.05, 4.69) is 0 Å². The average molecular weight is 238 g/mol. The molecule has 4 nitrogen and oxygen atoms in total. The van der Waals surface area contributed by atoms with Crippen LogP contribution in [0.15, 0.2) is 0 Å². The number of rotatable bonds is 0. The summed E-state index contributed by atoms with van der Waals surface area (Å²) >= 11 is 0. The molecule has 1 fully saturated rings. The smallest absolute Gasteiger partial charge is 0.310 e. The first-order chi connectivity index (χ1) is 8.18. The second kappa shape index (κ2) is 7.98. The van der Waals surface area contributed by atoms with E-state index in [9.17, 15) is 14.4 Å². The summed E-state index contributed by atoms with van der Waals surface area (Å²) in [6, 6.07) is 0. The van der Waals surface area contributed by atoms with Gasteiger partial charge in [0.2, 0.25) is 0 Å². The predicted molar refractivity (Wildman–Crippen MR) is 61.9 cm³/mol. The lowest BCUT2D eigenvalue weighted by molar-refractivity contribution is -0.145. The standard InChI is InChI=1S/C13H18O4/c14-11-6-4-2-1-3-5-7-12(15)10-17-13(16)9-8-11/h6,9H,1-5,7-8,10H2. The first-order valence-corrected chi connectivity index (χ1v) is 6.06. The van der Waals surface area contributed by atoms with E-state index in [-0.39, 0.29) is 24.6 Å². The zero-order valence-electron chi connectivity index (χ0n) is 9.94. The van der Waals surface area contributed by atoms with Crippen LogP contribution in [-0.4, -0.2) is 24.1 Å². The molecule has 0 aromatic heterocycles. The Balaban J connectivity index is 2.37. The number of hydrogen-bond donors (Lipinski definition) is 0. The van der Waals surface area contributed by atoms with Gasteiger partial charge in [-0.2, -0.15) is 0 Å². The van der Waals surface area contributed by atoms with Crippen molar-refractivity contribution in [3.8, 4) is 0 Å². The second-order valence-electron chi connectivity index (χ2n) is 4.18. The summed E-state index contributed by atoms with van der Waals surface area (Å²) in [5.41, 5.74) is 0. The fourth-order valence-electron chi connectivity index (χ4n) is 1.63. The normalized spacial score (nSPS) is 21.8. The highest BCUT2D eigenvalue weighted by atomic mass is 16.5. The van der Waals surface area contributed by atoms with Crippen molar-refractivity contribution < 1.29 is 19.1 Å². The van der Waals surface area contributed by atoms with Crippen molar-refractivity contribution in [3.63, 3.8) is 0 Å². The molecule has 1 aliphatic rings. The first-order valence-electron chi connectivity index (χ1n) is 6.06. The minimum Gasteiger partial charge on any atom is -0.457 e. The van der Waals surface area contributed by atoms with Crippen molar-refractivity contribution in [2.75, 3.05) is 6.61 Å². The van der Waals surface area contributed by atoms with Crippen LogP contribution in [0.1, 0.15) is 44.9 Å². The van der Waals surface area contributed by atoms with Crippen molar-refractivity contribution in [3.05, 3.63) is 12.8 Å². The van der Waals surface area contributed by atoms with Crippen molar-refractivity contribution in [1.82, 2.24) is 0 Å². The van der Waals surface area contributed by atoms with Gasteiger partial charge in [-0.15, -0.1) is 0 Å². The van der Waals surface area contributed by atoms with Gasteiger partial charge in [-0.05, 0) is 12.8 Å². The molecule has 1 heterocycles. The molecule has 0 aliphatic carbocycles. The molecular weight excluding hydrogens is 220 g/mol. The number of carbonyl (C=O) groups is 3. The SMILES string of the molecule is O=C1[CH]CCCCCCC(=O)COC(=O)[CH]C1. The van der Waals surface area contributed by atoms with Gasteiger partial charge in [0.15, 0.2) is 5.78 Å². The molecule has 1 rings (SSSR count). The van der Waals surface area contributed by atoms with Crippen LogP contribution in [0.2, 0.25) is 0 Å². The van der Waals surface area contributed by atoms with E-state index in [1.807, 2.05) is 0 Å². The molecule has 0 aromatic carbocycles. The van der Waals surface area contributed by atoms with Crippen LogP contribution in [0.4, 0.5) is 0 Å². The Labute approximate surface area is 102 Å². The predicted octanol–water partition coefficient (Wildman–Crippen LogP) is 1.82. The number of Topliss-reactive ketones (excluding diaryl/α,β-unsaturated/α-hetero) is 2. The molecule has 4 heteroatoms. The Morgan fingerprint density at radius 3 is 2.53 bits per heavy atom. The third kappa shape index (κ3) is 6.87. The highest BCUT2D eigenvalue weighted by molar-refractivity contribution is 5.93. The van der Waals surface area contributed by atoms with Gasteiger partial charge in [0.05, 0.1) is 6.42 Å². The molecule has 1 saturated heterocycles. The van der Waals surface area contributed by atoms with Crippen LogP contribution in [0.3, 0.4) is 0 Å². The first kappa shape index (κ1) is 13.9. The third-order valence-electron chi connectivity index (χ3n) is 2.63. The summed E-state index contributed by atoms with van der Waals surface area (Å²) in [4.78, 5) is 33.7. The molecular formula is C13H18O4. The quantitative estimate of drug-likeness (QED) is 0.604. The van der Waals surface area contributed by atoms with Gasteiger partial charge in [-0.3, -0.25) is 14.4 Å². The van der Waals surface area contributed by atoms with Gasteiger partial charge in [-0.1, -0.05) is 19.3 Å². The summed E-state index contributed by atoms with van der Waals surface area (Å²) in [6.07, 6.45) is 7.89. The molecule has 94 valence electrons. The highest BCUT2D eigenvalue weighted by Crippen LogP contribution is 2.09. The van der Waals surface area contributed by atoms with Crippen LogP contribution in [-0.2, 0) is 19.1 Å². The number of cyclic esters (lactones) is 1. The van der Waals surface area contributed by atoms with E-state index >= 15 is 0 Å². The molecule has 17 heavy (non-hydrogen) atoms. The number of esters is 1. The topological polar surface area (TPSA) is 60.4 Å². The van der Waals surface area contributed by atoms with Gasteiger partial charge >= 0.3 is 5.97 Å². The molecule has 0 bridgehead atoms. The molecule has 0 spiro atoms. The zero-order valence-corrected chi connectivity index (χ0v) is 9.94. The van der Waals surface area contributed by atoms with Gasteiger partial charge < -0.3 is 4.74 Å².